The van der Waals surface area contributed by atoms with E-state index in [4.69, 9.17) is 16.3 Å². The molecule has 1 saturated heterocycles. The van der Waals surface area contributed by atoms with E-state index in [1.54, 1.807) is 6.20 Å². The summed E-state index contributed by atoms with van der Waals surface area (Å²) in [5.74, 6) is 0.430. The van der Waals surface area contributed by atoms with E-state index < -0.39 is 5.82 Å². The number of rotatable bonds is 5. The second-order valence-electron chi connectivity index (χ2n) is 5.05. The van der Waals surface area contributed by atoms with Crippen LogP contribution >= 0.6 is 11.6 Å². The SMILES string of the molecule is Fc1cc(Cl)cnc1NCc1cc(OC2CCNC2)ccn1. The number of nitrogens with one attached hydrogen (secondary N) is 2. The molecule has 5 nitrogen and oxygen atoms in total. The van der Waals surface area contributed by atoms with Crippen LogP contribution in [-0.2, 0) is 6.54 Å². The molecular weight excluding hydrogens is 307 g/mol. The maximum absolute atomic E-state index is 13.6. The maximum atomic E-state index is 13.6. The van der Waals surface area contributed by atoms with Crippen LogP contribution in [-0.4, -0.2) is 29.2 Å². The Kier molecular flexibility index (Phi) is 4.70. The molecular formula is C15H16ClFN4O. The third-order valence-corrected chi connectivity index (χ3v) is 3.56. The van der Waals surface area contributed by atoms with Gasteiger partial charge in [0.25, 0.3) is 0 Å². The molecule has 116 valence electrons. The van der Waals surface area contributed by atoms with Gasteiger partial charge in [0.2, 0.25) is 0 Å². The molecule has 0 radical (unpaired) electrons. The fourth-order valence-corrected chi connectivity index (χ4v) is 2.41. The predicted octanol–water partition coefficient (Wildman–Crippen LogP) is 2.62. The zero-order chi connectivity index (χ0) is 15.4. The van der Waals surface area contributed by atoms with Gasteiger partial charge in [0, 0.05) is 25.0 Å². The van der Waals surface area contributed by atoms with Crippen LogP contribution in [0.5, 0.6) is 5.75 Å². The van der Waals surface area contributed by atoms with Gasteiger partial charge < -0.3 is 15.4 Å². The fourth-order valence-electron chi connectivity index (χ4n) is 2.27. The third-order valence-electron chi connectivity index (χ3n) is 3.35. The van der Waals surface area contributed by atoms with Crippen LogP contribution in [0.4, 0.5) is 10.2 Å². The van der Waals surface area contributed by atoms with Crippen molar-refractivity contribution < 1.29 is 9.13 Å². The Labute approximate surface area is 132 Å². The van der Waals surface area contributed by atoms with Crippen molar-refractivity contribution in [2.24, 2.45) is 0 Å². The summed E-state index contributed by atoms with van der Waals surface area (Å²) < 4.78 is 19.5. The van der Waals surface area contributed by atoms with Crippen molar-refractivity contribution in [3.63, 3.8) is 0 Å². The average molecular weight is 323 g/mol. The van der Waals surface area contributed by atoms with Crippen molar-refractivity contribution in [3.05, 3.63) is 47.1 Å². The van der Waals surface area contributed by atoms with Gasteiger partial charge in [0.1, 0.15) is 11.9 Å². The summed E-state index contributed by atoms with van der Waals surface area (Å²) in [6.45, 7) is 2.19. The van der Waals surface area contributed by atoms with Crippen LogP contribution in [0.1, 0.15) is 12.1 Å². The largest absolute Gasteiger partial charge is 0.489 e. The van der Waals surface area contributed by atoms with Crippen molar-refractivity contribution in [1.82, 2.24) is 15.3 Å². The second kappa shape index (κ2) is 6.89. The highest BCUT2D eigenvalue weighted by Crippen LogP contribution is 2.18. The standard InChI is InChI=1S/C15H16ClFN4O/c16-10-5-14(17)15(20-7-10)21-8-11-6-12(2-4-19-11)22-13-1-3-18-9-13/h2,4-7,13,18H,1,3,8-9H2,(H,20,21). The molecule has 0 aliphatic carbocycles. The molecule has 2 N–H and O–H groups in total. The number of anilines is 1. The highest BCUT2D eigenvalue weighted by molar-refractivity contribution is 6.30. The van der Waals surface area contributed by atoms with E-state index in [1.165, 1.54) is 12.3 Å². The molecule has 3 heterocycles. The first-order chi connectivity index (χ1) is 10.7. The Hall–Kier alpha value is -1.92. The molecule has 1 fully saturated rings. The molecule has 7 heteroatoms. The van der Waals surface area contributed by atoms with Crippen LogP contribution in [0.15, 0.2) is 30.6 Å². The van der Waals surface area contributed by atoms with E-state index in [-0.39, 0.29) is 16.9 Å². The molecule has 3 rings (SSSR count). The topological polar surface area (TPSA) is 59.1 Å². The first-order valence-electron chi connectivity index (χ1n) is 7.08. The quantitative estimate of drug-likeness (QED) is 0.886. The third kappa shape index (κ3) is 3.84. The average Bonchev–Trinajstić information content (AvgIpc) is 3.00. The summed E-state index contributed by atoms with van der Waals surface area (Å²) in [6, 6.07) is 4.89. The zero-order valence-electron chi connectivity index (χ0n) is 11.9. The van der Waals surface area contributed by atoms with Crippen molar-refractivity contribution in [3.8, 4) is 5.75 Å². The van der Waals surface area contributed by atoms with Crippen LogP contribution in [0.3, 0.4) is 0 Å². The van der Waals surface area contributed by atoms with Crippen molar-refractivity contribution in [2.75, 3.05) is 18.4 Å². The van der Waals surface area contributed by atoms with Gasteiger partial charge in [-0.3, -0.25) is 4.98 Å². The highest BCUT2D eigenvalue weighted by atomic mass is 35.5. The van der Waals surface area contributed by atoms with E-state index in [1.807, 2.05) is 12.1 Å². The number of hydrogen-bond acceptors (Lipinski definition) is 5. The zero-order valence-corrected chi connectivity index (χ0v) is 12.6. The van der Waals surface area contributed by atoms with Gasteiger partial charge in [0.15, 0.2) is 11.6 Å². The van der Waals surface area contributed by atoms with Crippen LogP contribution < -0.4 is 15.4 Å². The van der Waals surface area contributed by atoms with E-state index in [9.17, 15) is 4.39 Å². The van der Waals surface area contributed by atoms with Gasteiger partial charge in [-0.1, -0.05) is 11.6 Å². The summed E-state index contributed by atoms with van der Waals surface area (Å²) in [5, 5.41) is 6.42. The van der Waals surface area contributed by atoms with Crippen molar-refractivity contribution >= 4 is 17.4 Å². The number of halogens is 2. The van der Waals surface area contributed by atoms with Gasteiger partial charge in [-0.2, -0.15) is 0 Å². The second-order valence-corrected chi connectivity index (χ2v) is 5.49. The lowest BCUT2D eigenvalue weighted by Gasteiger charge is -2.13. The predicted molar refractivity (Wildman–Crippen MR) is 82.7 cm³/mol. The minimum Gasteiger partial charge on any atom is -0.489 e. The Morgan fingerprint density at radius 3 is 3.09 bits per heavy atom. The van der Waals surface area contributed by atoms with E-state index >= 15 is 0 Å². The monoisotopic (exact) mass is 322 g/mol. The first-order valence-corrected chi connectivity index (χ1v) is 7.46. The Morgan fingerprint density at radius 2 is 2.32 bits per heavy atom. The van der Waals surface area contributed by atoms with Crippen molar-refractivity contribution in [1.29, 1.82) is 0 Å². The van der Waals surface area contributed by atoms with Gasteiger partial charge in [-0.15, -0.1) is 0 Å². The molecule has 2 aromatic heterocycles. The van der Waals surface area contributed by atoms with Crippen LogP contribution in [0.25, 0.3) is 0 Å². The van der Waals surface area contributed by atoms with E-state index in [0.717, 1.165) is 31.0 Å². The Bertz CT molecular complexity index is 649. The summed E-state index contributed by atoms with van der Waals surface area (Å²) >= 11 is 5.67. The fraction of sp³-hybridized carbons (Fsp3) is 0.333. The lowest BCUT2D eigenvalue weighted by atomic mass is 10.3. The molecule has 1 unspecified atom stereocenters. The highest BCUT2D eigenvalue weighted by Gasteiger charge is 2.16. The van der Waals surface area contributed by atoms with E-state index in [0.29, 0.717) is 6.54 Å². The lowest BCUT2D eigenvalue weighted by Crippen LogP contribution is -2.19. The number of pyridine rings is 2. The van der Waals surface area contributed by atoms with E-state index in [2.05, 4.69) is 20.6 Å². The maximum Gasteiger partial charge on any atom is 0.166 e. The Morgan fingerprint density at radius 1 is 1.41 bits per heavy atom. The molecule has 0 bridgehead atoms. The van der Waals surface area contributed by atoms with Crippen LogP contribution in [0.2, 0.25) is 5.02 Å². The lowest BCUT2D eigenvalue weighted by molar-refractivity contribution is 0.222. The van der Waals surface area contributed by atoms with Crippen molar-refractivity contribution in [2.45, 2.75) is 19.1 Å². The summed E-state index contributed by atoms with van der Waals surface area (Å²) in [4.78, 5) is 8.15. The van der Waals surface area contributed by atoms with Gasteiger partial charge in [-0.25, -0.2) is 9.37 Å². The Balaban J connectivity index is 1.62. The number of ether oxygens (including phenoxy) is 1. The molecule has 2 aromatic rings. The molecule has 0 aromatic carbocycles. The molecule has 1 aliphatic rings. The molecule has 0 saturated carbocycles. The van der Waals surface area contributed by atoms with Gasteiger partial charge >= 0.3 is 0 Å². The minimum atomic E-state index is -0.489. The number of aromatic nitrogens is 2. The molecule has 22 heavy (non-hydrogen) atoms. The van der Waals surface area contributed by atoms with Crippen LogP contribution in [0, 0.1) is 5.82 Å². The smallest absolute Gasteiger partial charge is 0.166 e. The summed E-state index contributed by atoms with van der Waals surface area (Å²) in [5.41, 5.74) is 0.750. The van der Waals surface area contributed by atoms with Gasteiger partial charge in [-0.05, 0) is 25.1 Å². The molecule has 1 atom stereocenters. The minimum absolute atomic E-state index is 0.150. The molecule has 0 spiro atoms. The number of nitrogens with zero attached hydrogens (tertiary/aromatic N) is 2. The molecule has 0 amide bonds. The van der Waals surface area contributed by atoms with Gasteiger partial charge in [0.05, 0.1) is 17.3 Å². The summed E-state index contributed by atoms with van der Waals surface area (Å²) in [6.07, 6.45) is 4.27. The normalized spacial score (nSPS) is 17.5. The molecule has 1 aliphatic heterocycles. The number of hydrogen-bond donors (Lipinski definition) is 2. The first kappa shape index (κ1) is 15.0. The summed E-state index contributed by atoms with van der Waals surface area (Å²) in [7, 11) is 0.